The van der Waals surface area contributed by atoms with Gasteiger partial charge in [-0.25, -0.2) is 9.78 Å². The number of ether oxygens (including phenoxy) is 2. The summed E-state index contributed by atoms with van der Waals surface area (Å²) < 4.78 is 42.9. The molecule has 0 saturated heterocycles. The van der Waals surface area contributed by atoms with E-state index in [0.29, 0.717) is 24.5 Å². The first-order valence-electron chi connectivity index (χ1n) is 17.2. The Morgan fingerprint density at radius 2 is 1.88 bits per heavy atom. The van der Waals surface area contributed by atoms with Crippen molar-refractivity contribution in [3.63, 3.8) is 0 Å². The quantitative estimate of drug-likeness (QED) is 0.221. The molecule has 0 fully saturated rings. The smallest absolute Gasteiger partial charge is 0.321 e. The number of hydrogen-bond acceptors (Lipinski definition) is 8. The lowest BCUT2D eigenvalue weighted by Gasteiger charge is -2.35. The van der Waals surface area contributed by atoms with Crippen LogP contribution in [0.4, 0.5) is 16.2 Å². The van der Waals surface area contributed by atoms with Crippen LogP contribution in [0.2, 0.25) is 0 Å². The lowest BCUT2D eigenvalue weighted by Crippen LogP contribution is -2.48. The zero-order valence-corrected chi connectivity index (χ0v) is 30.6. The fourth-order valence-corrected chi connectivity index (χ4v) is 7.11. The van der Waals surface area contributed by atoms with Gasteiger partial charge in [-0.05, 0) is 62.8 Å². The second kappa shape index (κ2) is 16.6. The number of aliphatic hydroxyl groups is 1. The minimum atomic E-state index is -4.04. The highest BCUT2D eigenvalue weighted by atomic mass is 32.2. The standard InChI is InChI=1S/C37H48N6O7S/c1-25-20-43(26(2)23-44)36(45)31-19-29(40-51(47,48)35-22-41(4)24-38-35)16-17-33(31)50-27(3)11-8-9-18-49-34(25)21-42(5)37(46)39-32-15-10-13-28-12-6-7-14-30(28)32/h6-7,10,12-17,19,22,24-27,34,40,44H,8-9,11,18,20-21,23H2,1-5H3,(H,39,46)/t25-,26+,27-,34+/m0/s1. The maximum Gasteiger partial charge on any atom is 0.321 e. The lowest BCUT2D eigenvalue weighted by molar-refractivity contribution is -0.0115. The van der Waals surface area contributed by atoms with Gasteiger partial charge in [0.25, 0.3) is 15.9 Å². The summed E-state index contributed by atoms with van der Waals surface area (Å²) in [6, 6.07) is 17.3. The number of amides is 3. The van der Waals surface area contributed by atoms with Gasteiger partial charge in [0.2, 0.25) is 0 Å². The molecule has 13 nitrogen and oxygen atoms in total. The Morgan fingerprint density at radius 3 is 2.63 bits per heavy atom. The van der Waals surface area contributed by atoms with E-state index in [1.54, 1.807) is 43.0 Å². The van der Waals surface area contributed by atoms with Gasteiger partial charge in [-0.3, -0.25) is 9.52 Å². The second-order valence-electron chi connectivity index (χ2n) is 13.3. The summed E-state index contributed by atoms with van der Waals surface area (Å²) in [6.07, 6.45) is 4.33. The molecule has 0 aliphatic carbocycles. The molecule has 51 heavy (non-hydrogen) atoms. The highest BCUT2D eigenvalue weighted by Crippen LogP contribution is 2.30. The average Bonchev–Trinajstić information content (AvgIpc) is 3.56. The first-order chi connectivity index (χ1) is 24.4. The Labute approximate surface area is 299 Å². The van der Waals surface area contributed by atoms with Crippen molar-refractivity contribution < 1.29 is 32.6 Å². The van der Waals surface area contributed by atoms with Gasteiger partial charge in [0, 0.05) is 57.0 Å². The molecule has 4 aromatic rings. The fourth-order valence-electron chi connectivity index (χ4n) is 6.08. The van der Waals surface area contributed by atoms with Crippen LogP contribution in [0.15, 0.2) is 78.2 Å². The molecule has 0 bridgehead atoms. The number of imidazole rings is 1. The number of sulfonamides is 1. The number of aliphatic hydroxyl groups excluding tert-OH is 1. The highest BCUT2D eigenvalue weighted by molar-refractivity contribution is 7.92. The number of nitrogens with zero attached hydrogens (tertiary/aromatic N) is 4. The van der Waals surface area contributed by atoms with E-state index >= 15 is 0 Å². The zero-order chi connectivity index (χ0) is 36.7. The Morgan fingerprint density at radius 1 is 1.12 bits per heavy atom. The summed E-state index contributed by atoms with van der Waals surface area (Å²) >= 11 is 0. The summed E-state index contributed by atoms with van der Waals surface area (Å²) in [4.78, 5) is 35.0. The van der Waals surface area contributed by atoms with Gasteiger partial charge in [-0.15, -0.1) is 0 Å². The molecule has 3 aromatic carbocycles. The SMILES string of the molecule is C[C@H](CO)N1C[C@H](C)[C@@H](CN(C)C(=O)Nc2cccc3ccccc23)OCCCC[C@H](C)Oc2ccc(NS(=O)(=O)c3cn(C)cn3)cc2C1=O. The maximum absolute atomic E-state index is 14.4. The van der Waals surface area contributed by atoms with E-state index in [4.69, 9.17) is 9.47 Å². The zero-order valence-electron chi connectivity index (χ0n) is 29.8. The maximum atomic E-state index is 14.4. The van der Waals surface area contributed by atoms with E-state index in [1.165, 1.54) is 23.2 Å². The van der Waals surface area contributed by atoms with Crippen molar-refractivity contribution in [3.8, 4) is 5.75 Å². The Bertz CT molecular complexity index is 1930. The number of fused-ring (bicyclic) bond motifs is 2. The molecular formula is C37H48N6O7S. The number of anilines is 2. The second-order valence-corrected chi connectivity index (χ2v) is 15.0. The van der Waals surface area contributed by atoms with E-state index < -0.39 is 28.1 Å². The van der Waals surface area contributed by atoms with Crippen molar-refractivity contribution in [1.29, 1.82) is 0 Å². The summed E-state index contributed by atoms with van der Waals surface area (Å²) in [5, 5.41) is 15.1. The largest absolute Gasteiger partial charge is 0.490 e. The van der Waals surface area contributed by atoms with Crippen LogP contribution in [0.5, 0.6) is 5.75 Å². The molecule has 14 heteroatoms. The number of likely N-dealkylation sites (N-methyl/N-ethyl adjacent to an activating group) is 1. The van der Waals surface area contributed by atoms with Crippen molar-refractivity contribution in [2.45, 2.75) is 63.3 Å². The molecule has 1 aliphatic rings. The van der Waals surface area contributed by atoms with Crippen LogP contribution in [0, 0.1) is 5.92 Å². The third kappa shape index (κ3) is 9.37. The Hall–Kier alpha value is -4.66. The lowest BCUT2D eigenvalue weighted by atomic mass is 10.0. The molecule has 0 saturated carbocycles. The molecule has 0 radical (unpaired) electrons. The number of benzene rings is 3. The molecular weight excluding hydrogens is 673 g/mol. The molecule has 5 rings (SSSR count). The number of carbonyl (C=O) groups is 2. The molecule has 0 unspecified atom stereocenters. The van der Waals surface area contributed by atoms with E-state index in [2.05, 4.69) is 15.0 Å². The minimum Gasteiger partial charge on any atom is -0.490 e. The molecule has 274 valence electrons. The molecule has 3 amide bonds. The molecule has 1 aliphatic heterocycles. The number of urea groups is 1. The van der Waals surface area contributed by atoms with E-state index in [-0.39, 0.29) is 54.0 Å². The first-order valence-corrected chi connectivity index (χ1v) is 18.7. The molecule has 2 heterocycles. The van der Waals surface area contributed by atoms with Gasteiger partial charge in [0.1, 0.15) is 5.75 Å². The number of aryl methyl sites for hydroxylation is 1. The van der Waals surface area contributed by atoms with Crippen LogP contribution in [0.1, 0.15) is 50.4 Å². The monoisotopic (exact) mass is 720 g/mol. The van der Waals surface area contributed by atoms with Gasteiger partial charge in [-0.2, -0.15) is 8.42 Å². The van der Waals surface area contributed by atoms with Crippen LogP contribution in [0.25, 0.3) is 10.8 Å². The Balaban J connectivity index is 1.40. The molecule has 0 spiro atoms. The summed E-state index contributed by atoms with van der Waals surface area (Å²) in [5.74, 6) is -0.402. The predicted molar refractivity (Wildman–Crippen MR) is 196 cm³/mol. The fraction of sp³-hybridized carbons (Fsp3) is 0.432. The van der Waals surface area contributed by atoms with Gasteiger partial charge in [-0.1, -0.05) is 43.3 Å². The van der Waals surface area contributed by atoms with Crippen LogP contribution < -0.4 is 14.8 Å². The number of rotatable bonds is 8. The normalized spacial score (nSPS) is 19.8. The van der Waals surface area contributed by atoms with E-state index in [0.717, 1.165) is 23.6 Å². The highest BCUT2D eigenvalue weighted by Gasteiger charge is 2.31. The molecule has 4 atom stereocenters. The van der Waals surface area contributed by atoms with Crippen molar-refractivity contribution in [1.82, 2.24) is 19.4 Å². The van der Waals surface area contributed by atoms with Gasteiger partial charge < -0.3 is 34.3 Å². The van der Waals surface area contributed by atoms with Gasteiger partial charge in [0.15, 0.2) is 5.03 Å². The van der Waals surface area contributed by atoms with Crippen LogP contribution in [-0.4, -0.2) is 96.4 Å². The first kappa shape index (κ1) is 37.6. The number of carbonyl (C=O) groups excluding carboxylic acids is 2. The van der Waals surface area contributed by atoms with Crippen molar-refractivity contribution in [2.24, 2.45) is 13.0 Å². The van der Waals surface area contributed by atoms with E-state index in [1.807, 2.05) is 56.3 Å². The third-order valence-corrected chi connectivity index (χ3v) is 10.4. The summed E-state index contributed by atoms with van der Waals surface area (Å²) in [5.41, 5.74) is 1.02. The number of aromatic nitrogens is 2. The van der Waals surface area contributed by atoms with Gasteiger partial charge in [0.05, 0.1) is 42.4 Å². The molecule has 1 aromatic heterocycles. The number of hydrogen-bond donors (Lipinski definition) is 3. The van der Waals surface area contributed by atoms with Crippen molar-refractivity contribution in [2.75, 3.05) is 43.4 Å². The van der Waals surface area contributed by atoms with Crippen LogP contribution in [0.3, 0.4) is 0 Å². The van der Waals surface area contributed by atoms with Crippen molar-refractivity contribution in [3.05, 3.63) is 78.8 Å². The van der Waals surface area contributed by atoms with Gasteiger partial charge >= 0.3 is 6.03 Å². The average molecular weight is 721 g/mol. The summed E-state index contributed by atoms with van der Waals surface area (Å²) in [7, 11) is -0.657. The topological polar surface area (TPSA) is 155 Å². The van der Waals surface area contributed by atoms with Crippen LogP contribution >= 0.6 is 0 Å². The van der Waals surface area contributed by atoms with E-state index in [9.17, 15) is 23.1 Å². The number of nitrogens with one attached hydrogen (secondary N) is 2. The molecule has 3 N–H and O–H groups in total. The predicted octanol–water partition coefficient (Wildman–Crippen LogP) is 5.33. The van der Waals surface area contributed by atoms with Crippen molar-refractivity contribution >= 4 is 44.1 Å². The van der Waals surface area contributed by atoms with Crippen LogP contribution in [-0.2, 0) is 21.8 Å². The summed E-state index contributed by atoms with van der Waals surface area (Å²) in [6.45, 7) is 6.20. The Kier molecular flexibility index (Phi) is 12.2. The third-order valence-electron chi connectivity index (χ3n) is 9.09. The minimum absolute atomic E-state index is 0.150.